The smallest absolute Gasteiger partial charge is 0.309 e. The first-order valence-corrected chi connectivity index (χ1v) is 12.0. The molecule has 7 heteroatoms. The zero-order valence-corrected chi connectivity index (χ0v) is 22.3. The zero-order valence-electron chi connectivity index (χ0n) is 20.0. The van der Waals surface area contributed by atoms with Crippen LogP contribution in [0.25, 0.3) is 0 Å². The van der Waals surface area contributed by atoms with E-state index in [-0.39, 0.29) is 35.9 Å². The van der Waals surface area contributed by atoms with Gasteiger partial charge in [0.1, 0.15) is 0 Å². The third-order valence-electron chi connectivity index (χ3n) is 6.80. The molecule has 2 aliphatic rings. The van der Waals surface area contributed by atoms with E-state index in [1.54, 1.807) is 0 Å². The highest BCUT2D eigenvalue weighted by Gasteiger charge is 2.27. The summed E-state index contributed by atoms with van der Waals surface area (Å²) in [6.07, 6.45) is 8.41. The summed E-state index contributed by atoms with van der Waals surface area (Å²) in [5.41, 5.74) is 2.72. The largest absolute Gasteiger partial charge is 0.466 e. The molecule has 0 unspecified atom stereocenters. The Morgan fingerprint density at radius 3 is 2.41 bits per heavy atom. The van der Waals surface area contributed by atoms with Crippen LogP contribution >= 0.6 is 24.0 Å². The highest BCUT2D eigenvalue weighted by Crippen LogP contribution is 2.24. The van der Waals surface area contributed by atoms with Crippen LogP contribution in [-0.4, -0.2) is 61.6 Å². The van der Waals surface area contributed by atoms with Crippen molar-refractivity contribution in [1.29, 1.82) is 0 Å². The number of hydrogen-bond acceptors (Lipinski definition) is 4. The van der Waals surface area contributed by atoms with Crippen LogP contribution in [0, 0.1) is 5.92 Å². The monoisotopic (exact) mass is 556 g/mol. The molecule has 1 heterocycles. The molecule has 3 rings (SSSR count). The highest BCUT2D eigenvalue weighted by atomic mass is 127. The summed E-state index contributed by atoms with van der Waals surface area (Å²) in [6, 6.07) is 9.45. The summed E-state index contributed by atoms with van der Waals surface area (Å²) >= 11 is 0. The number of guanidine groups is 1. The molecule has 0 bridgehead atoms. The highest BCUT2D eigenvalue weighted by molar-refractivity contribution is 14.0. The van der Waals surface area contributed by atoms with Crippen molar-refractivity contribution in [1.82, 2.24) is 15.1 Å². The van der Waals surface area contributed by atoms with E-state index in [1.807, 2.05) is 14.0 Å². The zero-order chi connectivity index (χ0) is 22.1. The molecule has 32 heavy (non-hydrogen) atoms. The molecule has 6 nitrogen and oxygen atoms in total. The van der Waals surface area contributed by atoms with Gasteiger partial charge in [-0.3, -0.25) is 14.7 Å². The second-order valence-electron chi connectivity index (χ2n) is 8.89. The number of halogens is 1. The molecule has 1 N–H and O–H groups in total. The van der Waals surface area contributed by atoms with Gasteiger partial charge in [0.05, 0.1) is 12.5 Å². The summed E-state index contributed by atoms with van der Waals surface area (Å²) in [5, 5.41) is 3.56. The predicted octanol–water partition coefficient (Wildman–Crippen LogP) is 4.42. The summed E-state index contributed by atoms with van der Waals surface area (Å²) in [4.78, 5) is 21.3. The molecule has 0 spiro atoms. The number of likely N-dealkylation sites (tertiary alicyclic amines) is 1. The minimum atomic E-state index is -0.0545. The van der Waals surface area contributed by atoms with Crippen molar-refractivity contribution in [3.8, 4) is 0 Å². The average Bonchev–Trinajstić information content (AvgIpc) is 2.81. The Labute approximate surface area is 211 Å². The quantitative estimate of drug-likeness (QED) is 0.233. The van der Waals surface area contributed by atoms with Crippen molar-refractivity contribution in [2.24, 2.45) is 10.9 Å². The normalized spacial score (nSPS) is 18.4. The molecule has 1 aliphatic carbocycles. The van der Waals surface area contributed by atoms with E-state index in [9.17, 15) is 4.79 Å². The Hall–Kier alpha value is -1.35. The van der Waals surface area contributed by atoms with E-state index >= 15 is 0 Å². The van der Waals surface area contributed by atoms with Gasteiger partial charge in [-0.25, -0.2) is 0 Å². The summed E-state index contributed by atoms with van der Waals surface area (Å²) in [6.45, 7) is 5.73. The van der Waals surface area contributed by atoms with Gasteiger partial charge in [-0.15, -0.1) is 24.0 Å². The lowest BCUT2D eigenvalue weighted by Crippen LogP contribution is -2.46. The lowest BCUT2D eigenvalue weighted by Gasteiger charge is -2.33. The summed E-state index contributed by atoms with van der Waals surface area (Å²) in [7, 11) is 4.11. The fourth-order valence-corrected chi connectivity index (χ4v) is 4.90. The van der Waals surface area contributed by atoms with E-state index in [0.29, 0.717) is 12.6 Å². The first-order valence-electron chi connectivity index (χ1n) is 12.0. The van der Waals surface area contributed by atoms with Crippen molar-refractivity contribution < 1.29 is 9.53 Å². The van der Waals surface area contributed by atoms with Crippen LogP contribution in [0.4, 0.5) is 0 Å². The van der Waals surface area contributed by atoms with Gasteiger partial charge in [-0.05, 0) is 50.8 Å². The van der Waals surface area contributed by atoms with Crippen LogP contribution in [0.15, 0.2) is 29.3 Å². The molecule has 1 aliphatic heterocycles. The Bertz CT molecular complexity index is 728. The number of benzene rings is 1. The maximum atomic E-state index is 12.0. The van der Waals surface area contributed by atoms with Crippen LogP contribution in [0.2, 0.25) is 0 Å². The van der Waals surface area contributed by atoms with Gasteiger partial charge in [0, 0.05) is 39.3 Å². The number of aliphatic imine (C=N–C) groups is 1. The lowest BCUT2D eigenvalue weighted by atomic mass is 9.94. The van der Waals surface area contributed by atoms with Crippen molar-refractivity contribution in [2.75, 3.05) is 33.8 Å². The molecule has 0 amide bonds. The number of carbonyl (C=O) groups is 1. The Kier molecular flexibility index (Phi) is 11.8. The van der Waals surface area contributed by atoms with E-state index in [0.717, 1.165) is 45.0 Å². The molecule has 0 atom stereocenters. The number of rotatable bonds is 7. The third kappa shape index (κ3) is 7.61. The molecular formula is C25H41IN4O2. The lowest BCUT2D eigenvalue weighted by molar-refractivity contribution is -0.149. The first-order chi connectivity index (χ1) is 15.1. The topological polar surface area (TPSA) is 57.2 Å². The minimum Gasteiger partial charge on any atom is -0.466 e. The van der Waals surface area contributed by atoms with E-state index < -0.39 is 0 Å². The predicted molar refractivity (Wildman–Crippen MR) is 141 cm³/mol. The molecule has 1 saturated carbocycles. The molecule has 1 saturated heterocycles. The molecule has 180 valence electrons. The molecular weight excluding hydrogens is 515 g/mol. The van der Waals surface area contributed by atoms with Gasteiger partial charge >= 0.3 is 5.97 Å². The number of hydrogen-bond donors (Lipinski definition) is 1. The second-order valence-corrected chi connectivity index (χ2v) is 8.89. The molecule has 0 radical (unpaired) electrons. The first kappa shape index (κ1) is 26.9. The third-order valence-corrected chi connectivity index (χ3v) is 6.80. The van der Waals surface area contributed by atoms with Gasteiger partial charge < -0.3 is 15.0 Å². The Morgan fingerprint density at radius 2 is 1.78 bits per heavy atom. The fourth-order valence-electron chi connectivity index (χ4n) is 4.90. The Morgan fingerprint density at radius 1 is 1.12 bits per heavy atom. The van der Waals surface area contributed by atoms with E-state index in [4.69, 9.17) is 4.74 Å². The maximum Gasteiger partial charge on any atom is 0.309 e. The van der Waals surface area contributed by atoms with Crippen molar-refractivity contribution in [2.45, 2.75) is 71.0 Å². The van der Waals surface area contributed by atoms with Gasteiger partial charge in [-0.1, -0.05) is 43.5 Å². The van der Waals surface area contributed by atoms with Gasteiger partial charge in [-0.2, -0.15) is 0 Å². The standard InChI is InChI=1S/C25H40N4O2.HI/c1-4-31-24(30)20-14-16-29(17-15-20)25(26-2)27-18-21-10-8-9-11-22(21)19-28(3)23-12-6-5-7-13-23;/h8-11,20,23H,4-7,12-19H2,1-3H3,(H,26,27);1H. The SMILES string of the molecule is CCOC(=O)C1CCN(C(=NC)NCc2ccccc2CN(C)C2CCCCC2)CC1.I. The summed E-state index contributed by atoms with van der Waals surface area (Å²) in [5.74, 6) is 0.879. The summed E-state index contributed by atoms with van der Waals surface area (Å²) < 4.78 is 5.19. The van der Waals surface area contributed by atoms with Crippen LogP contribution in [0.1, 0.15) is 63.0 Å². The van der Waals surface area contributed by atoms with Gasteiger partial charge in [0.25, 0.3) is 0 Å². The molecule has 1 aromatic carbocycles. The number of esters is 1. The fraction of sp³-hybridized carbons (Fsp3) is 0.680. The van der Waals surface area contributed by atoms with E-state index in [2.05, 4.69) is 51.4 Å². The van der Waals surface area contributed by atoms with Crippen LogP contribution in [0.5, 0.6) is 0 Å². The second kappa shape index (κ2) is 14.0. The van der Waals surface area contributed by atoms with Gasteiger partial charge in [0.15, 0.2) is 5.96 Å². The number of nitrogens with one attached hydrogen (secondary N) is 1. The van der Waals surface area contributed by atoms with Crippen molar-refractivity contribution in [3.63, 3.8) is 0 Å². The van der Waals surface area contributed by atoms with Crippen molar-refractivity contribution in [3.05, 3.63) is 35.4 Å². The Balaban J connectivity index is 0.00000363. The van der Waals surface area contributed by atoms with Crippen LogP contribution in [-0.2, 0) is 22.6 Å². The van der Waals surface area contributed by atoms with Crippen LogP contribution in [0.3, 0.4) is 0 Å². The van der Waals surface area contributed by atoms with Gasteiger partial charge in [0.2, 0.25) is 0 Å². The molecule has 0 aromatic heterocycles. The average molecular weight is 557 g/mol. The number of nitrogens with zero attached hydrogens (tertiary/aromatic N) is 3. The maximum absolute atomic E-state index is 12.0. The molecule has 2 fully saturated rings. The van der Waals surface area contributed by atoms with E-state index in [1.165, 1.54) is 43.2 Å². The minimum absolute atomic E-state index is 0. The molecule has 1 aromatic rings. The van der Waals surface area contributed by atoms with Crippen molar-refractivity contribution >= 4 is 35.9 Å². The van der Waals surface area contributed by atoms with Crippen LogP contribution < -0.4 is 5.32 Å². The number of carbonyl (C=O) groups excluding carboxylic acids is 1. The number of ether oxygens (including phenoxy) is 1. The number of piperidine rings is 1.